The highest BCUT2D eigenvalue weighted by Crippen LogP contribution is 2.30. The number of ether oxygens (including phenoxy) is 1. The highest BCUT2D eigenvalue weighted by atomic mass is 19.4. The Labute approximate surface area is 121 Å². The zero-order chi connectivity index (χ0) is 15.9. The number of carbonyl (C=O) groups is 2. The first kappa shape index (κ1) is 14.1. The molecule has 2 amide bonds. The number of fused-ring (bicyclic) bond motifs is 1. The van der Waals surface area contributed by atoms with Crippen LogP contribution in [0.3, 0.4) is 0 Å². The Balaban J connectivity index is 1.90. The second-order valence-electron chi connectivity index (χ2n) is 4.41. The quantitative estimate of drug-likeness (QED) is 0.800. The van der Waals surface area contributed by atoms with Gasteiger partial charge in [-0.2, -0.15) is 0 Å². The van der Waals surface area contributed by atoms with Gasteiger partial charge in [0.15, 0.2) is 0 Å². The van der Waals surface area contributed by atoms with E-state index >= 15 is 0 Å². The maximum absolute atomic E-state index is 12.2. The summed E-state index contributed by atoms with van der Waals surface area (Å²) in [6, 6.07) is 5.89. The number of rotatable bonds is 2. The first-order chi connectivity index (χ1) is 10.4. The van der Waals surface area contributed by atoms with Crippen LogP contribution in [0.25, 0.3) is 0 Å². The van der Waals surface area contributed by atoms with Crippen molar-refractivity contribution >= 4 is 17.5 Å². The summed E-state index contributed by atoms with van der Waals surface area (Å²) in [4.78, 5) is 29.0. The standard InChI is InChI=1S/C14H7F3N2O3/c15-14(16,17)22-9-3-1-8(2-4-9)19-12(20)10-5-6-18-7-11(10)13(19)21/h1-7H. The van der Waals surface area contributed by atoms with Gasteiger partial charge in [-0.05, 0) is 30.3 Å². The van der Waals surface area contributed by atoms with Crippen molar-refractivity contribution in [2.24, 2.45) is 0 Å². The molecule has 0 bridgehead atoms. The number of hydrogen-bond donors (Lipinski definition) is 0. The minimum atomic E-state index is -4.80. The van der Waals surface area contributed by atoms with Gasteiger partial charge in [0.25, 0.3) is 11.8 Å². The fourth-order valence-corrected chi connectivity index (χ4v) is 2.12. The monoisotopic (exact) mass is 308 g/mol. The molecule has 0 saturated carbocycles. The predicted molar refractivity (Wildman–Crippen MR) is 68.5 cm³/mol. The molecule has 2 heterocycles. The number of nitrogens with zero attached hydrogens (tertiary/aromatic N) is 2. The van der Waals surface area contributed by atoms with Crippen LogP contribution >= 0.6 is 0 Å². The van der Waals surface area contributed by atoms with E-state index in [1.165, 1.54) is 30.6 Å². The van der Waals surface area contributed by atoms with E-state index in [0.717, 1.165) is 17.0 Å². The summed E-state index contributed by atoms with van der Waals surface area (Å²) in [6.45, 7) is 0. The van der Waals surface area contributed by atoms with Crippen LogP contribution in [0.1, 0.15) is 20.7 Å². The van der Waals surface area contributed by atoms with E-state index in [1.807, 2.05) is 0 Å². The predicted octanol–water partition coefficient (Wildman–Crippen LogP) is 2.78. The van der Waals surface area contributed by atoms with Crippen molar-refractivity contribution in [2.75, 3.05) is 4.90 Å². The molecule has 0 unspecified atom stereocenters. The molecule has 0 spiro atoms. The highest BCUT2D eigenvalue weighted by Gasteiger charge is 2.37. The van der Waals surface area contributed by atoms with E-state index in [1.54, 1.807) is 0 Å². The number of hydrogen-bond acceptors (Lipinski definition) is 4. The number of carbonyl (C=O) groups excluding carboxylic acids is 2. The van der Waals surface area contributed by atoms with Gasteiger partial charge in [-0.3, -0.25) is 14.6 Å². The van der Waals surface area contributed by atoms with Gasteiger partial charge < -0.3 is 4.74 Å². The molecule has 0 aliphatic carbocycles. The van der Waals surface area contributed by atoms with Gasteiger partial charge in [0, 0.05) is 12.4 Å². The third-order valence-electron chi connectivity index (χ3n) is 3.02. The number of amides is 2. The second kappa shape index (κ2) is 4.83. The average Bonchev–Trinajstić information content (AvgIpc) is 2.71. The molecule has 0 saturated heterocycles. The zero-order valence-electron chi connectivity index (χ0n) is 10.8. The average molecular weight is 308 g/mol. The van der Waals surface area contributed by atoms with E-state index in [-0.39, 0.29) is 16.8 Å². The van der Waals surface area contributed by atoms with E-state index in [4.69, 9.17) is 0 Å². The lowest BCUT2D eigenvalue weighted by molar-refractivity contribution is -0.274. The van der Waals surface area contributed by atoms with Crippen LogP contribution in [-0.4, -0.2) is 23.2 Å². The summed E-state index contributed by atoms with van der Waals surface area (Å²) in [5.74, 6) is -1.56. The molecule has 3 rings (SSSR count). The second-order valence-corrected chi connectivity index (χ2v) is 4.41. The fraction of sp³-hybridized carbons (Fsp3) is 0.0714. The molecular weight excluding hydrogens is 301 g/mol. The Bertz CT molecular complexity index is 722. The van der Waals surface area contributed by atoms with Crippen LogP contribution in [0.15, 0.2) is 42.7 Å². The van der Waals surface area contributed by atoms with Crippen molar-refractivity contribution < 1.29 is 27.5 Å². The van der Waals surface area contributed by atoms with Crippen molar-refractivity contribution in [2.45, 2.75) is 6.36 Å². The van der Waals surface area contributed by atoms with Gasteiger partial charge >= 0.3 is 6.36 Å². The lowest BCUT2D eigenvalue weighted by Gasteiger charge is -2.15. The Morgan fingerprint density at radius 1 is 0.955 bits per heavy atom. The van der Waals surface area contributed by atoms with Crippen LogP contribution in [0.2, 0.25) is 0 Å². The third kappa shape index (κ3) is 2.39. The molecule has 8 heteroatoms. The van der Waals surface area contributed by atoms with Gasteiger partial charge in [0.2, 0.25) is 0 Å². The lowest BCUT2D eigenvalue weighted by atomic mass is 10.2. The number of anilines is 1. The number of pyridine rings is 1. The topological polar surface area (TPSA) is 59.5 Å². The molecule has 1 aliphatic rings. The first-order valence-corrected chi connectivity index (χ1v) is 6.05. The van der Waals surface area contributed by atoms with Crippen molar-refractivity contribution in [3.05, 3.63) is 53.9 Å². The molecular formula is C14H7F3N2O3. The fourth-order valence-electron chi connectivity index (χ4n) is 2.12. The van der Waals surface area contributed by atoms with Crippen LogP contribution < -0.4 is 9.64 Å². The molecule has 0 radical (unpaired) electrons. The Morgan fingerprint density at radius 3 is 2.18 bits per heavy atom. The smallest absolute Gasteiger partial charge is 0.406 e. The minimum Gasteiger partial charge on any atom is -0.406 e. The van der Waals surface area contributed by atoms with Crippen molar-refractivity contribution in [1.82, 2.24) is 4.98 Å². The summed E-state index contributed by atoms with van der Waals surface area (Å²) >= 11 is 0. The van der Waals surface area contributed by atoms with E-state index in [2.05, 4.69) is 9.72 Å². The lowest BCUT2D eigenvalue weighted by Crippen LogP contribution is -2.29. The normalized spacial score (nSPS) is 14.2. The number of imide groups is 1. The van der Waals surface area contributed by atoms with Gasteiger partial charge in [-0.25, -0.2) is 4.90 Å². The third-order valence-corrected chi connectivity index (χ3v) is 3.02. The summed E-state index contributed by atoms with van der Waals surface area (Å²) in [5.41, 5.74) is 0.513. The molecule has 2 aromatic rings. The van der Waals surface area contributed by atoms with Crippen LogP contribution in [0.5, 0.6) is 5.75 Å². The summed E-state index contributed by atoms with van der Waals surface area (Å²) in [6.07, 6.45) is -2.15. The Hall–Kier alpha value is -2.90. The molecule has 1 aliphatic heterocycles. The van der Waals surface area contributed by atoms with E-state index < -0.39 is 23.9 Å². The molecule has 5 nitrogen and oxygen atoms in total. The van der Waals surface area contributed by atoms with Gasteiger partial charge in [-0.15, -0.1) is 13.2 Å². The molecule has 0 fully saturated rings. The first-order valence-electron chi connectivity index (χ1n) is 6.05. The number of halogens is 3. The zero-order valence-corrected chi connectivity index (χ0v) is 10.8. The van der Waals surface area contributed by atoms with Gasteiger partial charge in [0.1, 0.15) is 5.75 Å². The molecule has 112 valence electrons. The summed E-state index contributed by atoms with van der Waals surface area (Å²) in [5, 5.41) is 0. The van der Waals surface area contributed by atoms with Crippen LogP contribution in [-0.2, 0) is 0 Å². The number of alkyl halides is 3. The van der Waals surface area contributed by atoms with Gasteiger partial charge in [-0.1, -0.05) is 0 Å². The SMILES string of the molecule is O=C1c2ccncc2C(=O)N1c1ccc(OC(F)(F)F)cc1. The maximum Gasteiger partial charge on any atom is 0.573 e. The number of aromatic nitrogens is 1. The minimum absolute atomic E-state index is 0.153. The van der Waals surface area contributed by atoms with E-state index in [9.17, 15) is 22.8 Å². The summed E-state index contributed by atoms with van der Waals surface area (Å²) in [7, 11) is 0. The van der Waals surface area contributed by atoms with E-state index in [0.29, 0.717) is 0 Å². The molecule has 0 atom stereocenters. The number of benzene rings is 1. The van der Waals surface area contributed by atoms with Crippen LogP contribution in [0, 0.1) is 0 Å². The maximum atomic E-state index is 12.2. The highest BCUT2D eigenvalue weighted by molar-refractivity contribution is 6.34. The molecule has 22 heavy (non-hydrogen) atoms. The molecule has 1 aromatic heterocycles. The molecule has 0 N–H and O–H groups in total. The van der Waals surface area contributed by atoms with Crippen LogP contribution in [0.4, 0.5) is 18.9 Å². The van der Waals surface area contributed by atoms with Gasteiger partial charge in [0.05, 0.1) is 16.8 Å². The summed E-state index contributed by atoms with van der Waals surface area (Å²) < 4.78 is 40.0. The molecule has 1 aromatic carbocycles. The Morgan fingerprint density at radius 2 is 1.59 bits per heavy atom. The van der Waals surface area contributed by atoms with Crippen molar-refractivity contribution in [1.29, 1.82) is 0 Å². The van der Waals surface area contributed by atoms with Crippen molar-refractivity contribution in [3.8, 4) is 5.75 Å². The van der Waals surface area contributed by atoms with Crippen molar-refractivity contribution in [3.63, 3.8) is 0 Å². The Kier molecular flexibility index (Phi) is 3.09. The largest absolute Gasteiger partial charge is 0.573 e.